The van der Waals surface area contributed by atoms with E-state index in [-0.39, 0.29) is 12.3 Å². The first-order valence-corrected chi connectivity index (χ1v) is 12.4. The van der Waals surface area contributed by atoms with Gasteiger partial charge in [-0.25, -0.2) is 4.79 Å². The van der Waals surface area contributed by atoms with Crippen molar-refractivity contribution in [2.24, 2.45) is 5.92 Å². The van der Waals surface area contributed by atoms with E-state index in [1.165, 1.54) is 7.11 Å². The highest BCUT2D eigenvalue weighted by molar-refractivity contribution is 5.87. The average molecular weight is 506 g/mol. The number of benzene rings is 3. The van der Waals surface area contributed by atoms with Gasteiger partial charge in [-0.3, -0.25) is 4.79 Å². The molecule has 37 heavy (non-hydrogen) atoms. The highest BCUT2D eigenvalue weighted by Crippen LogP contribution is 2.30. The van der Waals surface area contributed by atoms with Crippen LogP contribution in [0, 0.1) is 5.92 Å². The Balaban J connectivity index is 1.79. The predicted molar refractivity (Wildman–Crippen MR) is 141 cm³/mol. The lowest BCUT2D eigenvalue weighted by Crippen LogP contribution is -2.47. The minimum Gasteiger partial charge on any atom is -0.485 e. The van der Waals surface area contributed by atoms with E-state index in [1.54, 1.807) is 12.1 Å². The standard InChI is InChI=1S/C30H35NO6/c1-21(2)16-26(32)29(33)31-25(30(34)35-3)17-24-14-15-27(36-19-22-10-6-4-7-11-22)28(18-24)37-20-23-12-8-5-9-13-23/h4-15,18,21,25-26,32H,16-17,19-20H2,1-3H3,(H,31,33)/t25-,26+/m0/s1. The van der Waals surface area contributed by atoms with Crippen LogP contribution in [0.15, 0.2) is 78.9 Å². The van der Waals surface area contributed by atoms with Crippen LogP contribution >= 0.6 is 0 Å². The van der Waals surface area contributed by atoms with Crippen LogP contribution in [0.4, 0.5) is 0 Å². The van der Waals surface area contributed by atoms with Gasteiger partial charge in [0.2, 0.25) is 5.91 Å². The molecule has 2 N–H and O–H groups in total. The third-order valence-corrected chi connectivity index (χ3v) is 5.72. The molecule has 3 rings (SSSR count). The van der Waals surface area contributed by atoms with E-state index in [1.807, 2.05) is 80.6 Å². The number of nitrogens with one attached hydrogen (secondary N) is 1. The van der Waals surface area contributed by atoms with Gasteiger partial charge in [0.1, 0.15) is 25.4 Å². The number of aliphatic hydroxyl groups is 1. The Hall–Kier alpha value is -3.84. The van der Waals surface area contributed by atoms with Crippen LogP contribution in [0.2, 0.25) is 0 Å². The van der Waals surface area contributed by atoms with Crippen molar-refractivity contribution in [1.29, 1.82) is 0 Å². The lowest BCUT2D eigenvalue weighted by molar-refractivity contribution is -0.146. The first-order chi connectivity index (χ1) is 17.9. The summed E-state index contributed by atoms with van der Waals surface area (Å²) in [7, 11) is 1.26. The lowest BCUT2D eigenvalue weighted by Gasteiger charge is -2.20. The van der Waals surface area contributed by atoms with Crippen molar-refractivity contribution in [1.82, 2.24) is 5.32 Å². The second-order valence-corrected chi connectivity index (χ2v) is 9.26. The second kappa shape index (κ2) is 14.0. The maximum absolute atomic E-state index is 12.5. The van der Waals surface area contributed by atoms with Crippen molar-refractivity contribution in [2.45, 2.75) is 52.0 Å². The third kappa shape index (κ3) is 8.95. The molecule has 0 aromatic heterocycles. The van der Waals surface area contributed by atoms with Gasteiger partial charge in [-0.1, -0.05) is 80.6 Å². The fourth-order valence-electron chi connectivity index (χ4n) is 3.77. The van der Waals surface area contributed by atoms with Crippen molar-refractivity contribution in [3.63, 3.8) is 0 Å². The van der Waals surface area contributed by atoms with Gasteiger partial charge in [-0.15, -0.1) is 0 Å². The fourth-order valence-corrected chi connectivity index (χ4v) is 3.77. The molecule has 0 bridgehead atoms. The van der Waals surface area contributed by atoms with E-state index in [0.29, 0.717) is 31.1 Å². The summed E-state index contributed by atoms with van der Waals surface area (Å²) in [5.74, 6) is 0.0143. The number of rotatable bonds is 13. The van der Waals surface area contributed by atoms with Crippen molar-refractivity contribution in [3.05, 3.63) is 95.6 Å². The minimum absolute atomic E-state index is 0.130. The molecule has 0 saturated carbocycles. The van der Waals surface area contributed by atoms with Crippen molar-refractivity contribution >= 4 is 11.9 Å². The molecular weight excluding hydrogens is 470 g/mol. The van der Waals surface area contributed by atoms with Crippen LogP contribution in [0.25, 0.3) is 0 Å². The SMILES string of the molecule is COC(=O)[C@H](Cc1ccc(OCc2ccccc2)c(OCc2ccccc2)c1)NC(=O)[C@H](O)CC(C)C. The van der Waals surface area contributed by atoms with Crippen molar-refractivity contribution < 1.29 is 28.9 Å². The molecule has 0 aliphatic rings. The first kappa shape index (κ1) is 27.7. The van der Waals surface area contributed by atoms with Crippen LogP contribution in [0.5, 0.6) is 11.5 Å². The zero-order valence-electron chi connectivity index (χ0n) is 21.6. The smallest absolute Gasteiger partial charge is 0.328 e. The molecule has 3 aromatic rings. The minimum atomic E-state index is -1.20. The molecule has 0 aliphatic carbocycles. The Morgan fingerprint density at radius 3 is 1.92 bits per heavy atom. The van der Waals surface area contributed by atoms with E-state index in [0.717, 1.165) is 16.7 Å². The molecule has 0 radical (unpaired) electrons. The number of hydrogen-bond acceptors (Lipinski definition) is 6. The number of esters is 1. The molecule has 0 saturated heterocycles. The van der Waals surface area contributed by atoms with Gasteiger partial charge in [0.15, 0.2) is 11.5 Å². The van der Waals surface area contributed by atoms with Gasteiger partial charge < -0.3 is 24.6 Å². The summed E-state index contributed by atoms with van der Waals surface area (Å²) in [6.07, 6.45) is -0.747. The molecule has 1 amide bonds. The zero-order chi connectivity index (χ0) is 26.6. The van der Waals surface area contributed by atoms with Crippen molar-refractivity contribution in [2.75, 3.05) is 7.11 Å². The molecule has 2 atom stereocenters. The summed E-state index contributed by atoms with van der Waals surface area (Å²) in [5.41, 5.74) is 2.76. The molecule has 3 aromatic carbocycles. The normalized spacial score (nSPS) is 12.5. The molecule has 0 spiro atoms. The lowest BCUT2D eigenvalue weighted by atomic mass is 10.0. The first-order valence-electron chi connectivity index (χ1n) is 12.4. The highest BCUT2D eigenvalue weighted by atomic mass is 16.5. The summed E-state index contributed by atoms with van der Waals surface area (Å²) < 4.78 is 17.1. The Kier molecular flexibility index (Phi) is 10.5. The molecule has 7 nitrogen and oxygen atoms in total. The van der Waals surface area contributed by atoms with E-state index >= 15 is 0 Å². The third-order valence-electron chi connectivity index (χ3n) is 5.72. The summed E-state index contributed by atoms with van der Waals surface area (Å²) in [5, 5.41) is 12.8. The Morgan fingerprint density at radius 1 is 0.811 bits per heavy atom. The monoisotopic (exact) mass is 505 g/mol. The fraction of sp³-hybridized carbons (Fsp3) is 0.333. The number of methoxy groups -OCH3 is 1. The van der Waals surface area contributed by atoms with E-state index in [9.17, 15) is 14.7 Å². The summed E-state index contributed by atoms with van der Waals surface area (Å²) in [6, 6.07) is 24.0. The van der Waals surface area contributed by atoms with Crippen LogP contribution in [0.1, 0.15) is 37.0 Å². The zero-order valence-corrected chi connectivity index (χ0v) is 21.6. The van der Waals surface area contributed by atoms with Crippen LogP contribution in [-0.2, 0) is 34.0 Å². The van der Waals surface area contributed by atoms with E-state index < -0.39 is 24.0 Å². The Morgan fingerprint density at radius 2 is 1.38 bits per heavy atom. The molecular formula is C30H35NO6. The summed E-state index contributed by atoms with van der Waals surface area (Å²) in [4.78, 5) is 24.9. The van der Waals surface area contributed by atoms with E-state index in [4.69, 9.17) is 14.2 Å². The number of hydrogen-bond donors (Lipinski definition) is 2. The summed E-state index contributed by atoms with van der Waals surface area (Å²) in [6.45, 7) is 4.53. The number of aliphatic hydroxyl groups excluding tert-OH is 1. The largest absolute Gasteiger partial charge is 0.485 e. The van der Waals surface area contributed by atoms with Crippen LogP contribution < -0.4 is 14.8 Å². The molecule has 0 fully saturated rings. The van der Waals surface area contributed by atoms with Crippen LogP contribution in [0.3, 0.4) is 0 Å². The topological polar surface area (TPSA) is 94.1 Å². The highest BCUT2D eigenvalue weighted by Gasteiger charge is 2.26. The van der Waals surface area contributed by atoms with Gasteiger partial charge in [0.25, 0.3) is 0 Å². The van der Waals surface area contributed by atoms with Gasteiger partial charge in [0.05, 0.1) is 7.11 Å². The molecule has 0 heterocycles. The number of amides is 1. The maximum Gasteiger partial charge on any atom is 0.328 e. The van der Waals surface area contributed by atoms with Gasteiger partial charge >= 0.3 is 5.97 Å². The molecule has 7 heteroatoms. The summed E-state index contributed by atoms with van der Waals surface area (Å²) >= 11 is 0. The maximum atomic E-state index is 12.5. The molecule has 0 aliphatic heterocycles. The Labute approximate surface area is 218 Å². The van der Waals surface area contributed by atoms with Crippen LogP contribution in [-0.4, -0.2) is 36.2 Å². The quantitative estimate of drug-likeness (QED) is 0.333. The second-order valence-electron chi connectivity index (χ2n) is 9.26. The number of ether oxygens (including phenoxy) is 3. The van der Waals surface area contributed by atoms with Gasteiger partial charge in [-0.05, 0) is 41.2 Å². The molecule has 196 valence electrons. The predicted octanol–water partition coefficient (Wildman–Crippen LogP) is 4.45. The number of carbonyl (C=O) groups is 2. The molecule has 0 unspecified atom stereocenters. The average Bonchev–Trinajstić information content (AvgIpc) is 2.91. The number of carbonyl (C=O) groups excluding carboxylic acids is 2. The van der Waals surface area contributed by atoms with E-state index in [2.05, 4.69) is 5.32 Å². The van der Waals surface area contributed by atoms with Gasteiger partial charge in [-0.2, -0.15) is 0 Å². The van der Waals surface area contributed by atoms with Crippen molar-refractivity contribution in [3.8, 4) is 11.5 Å². The van der Waals surface area contributed by atoms with Gasteiger partial charge in [0, 0.05) is 6.42 Å². The Bertz CT molecular complexity index is 1130.